The van der Waals surface area contributed by atoms with Crippen LogP contribution in [0.4, 0.5) is 0 Å². The number of aromatic amines is 1. The molecule has 0 radical (unpaired) electrons. The van der Waals surface area contributed by atoms with E-state index in [0.717, 1.165) is 0 Å². The molecular formula is C19H21N5O5. The molecule has 0 saturated carbocycles. The Morgan fingerprint density at radius 3 is 2.55 bits per heavy atom. The van der Waals surface area contributed by atoms with Crippen LogP contribution in [-0.4, -0.2) is 55.5 Å². The Morgan fingerprint density at radius 2 is 1.86 bits per heavy atom. The minimum atomic E-state index is -0.684. The molecule has 0 aliphatic heterocycles. The molecule has 3 aromatic rings. The second-order valence-electron chi connectivity index (χ2n) is 6.29. The largest absolute Gasteiger partial charge is 0.461 e. The number of Topliss-reactive ketones (excluding diaryl/α,β-unsaturated/α-hetero) is 1. The summed E-state index contributed by atoms with van der Waals surface area (Å²) in [6.45, 7) is 6.62. The predicted molar refractivity (Wildman–Crippen MR) is 101 cm³/mol. The molecular weight excluding hydrogens is 378 g/mol. The summed E-state index contributed by atoms with van der Waals surface area (Å²) < 4.78 is 11.7. The smallest absolute Gasteiger partial charge is 0.355 e. The van der Waals surface area contributed by atoms with Gasteiger partial charge in [-0.15, -0.1) is 0 Å². The van der Waals surface area contributed by atoms with Crippen molar-refractivity contribution < 1.29 is 23.9 Å². The molecule has 0 aromatic carbocycles. The second kappa shape index (κ2) is 8.21. The highest BCUT2D eigenvalue weighted by Crippen LogP contribution is 2.20. The maximum atomic E-state index is 12.6. The summed E-state index contributed by atoms with van der Waals surface area (Å²) in [5.74, 6) is -1.27. The molecule has 0 unspecified atom stereocenters. The molecule has 0 atom stereocenters. The van der Waals surface area contributed by atoms with E-state index in [1.165, 1.54) is 17.0 Å². The van der Waals surface area contributed by atoms with E-state index >= 15 is 0 Å². The number of ether oxygens (including phenoxy) is 2. The number of ketones is 1. The molecule has 152 valence electrons. The Labute approximate surface area is 166 Å². The topological polar surface area (TPSA) is 129 Å². The maximum Gasteiger partial charge on any atom is 0.355 e. The number of esters is 2. The van der Waals surface area contributed by atoms with Gasteiger partial charge in [0.05, 0.1) is 17.9 Å². The SMILES string of the molecule is CCOC(=O)c1[nH]c(C)c(C(=O)COC(=O)c2cnc3ncnn3c2CC)c1C. The molecule has 10 nitrogen and oxygen atoms in total. The van der Waals surface area contributed by atoms with E-state index in [1.54, 1.807) is 20.8 Å². The Morgan fingerprint density at radius 1 is 1.10 bits per heavy atom. The number of aryl methyl sites for hydroxylation is 2. The Kier molecular flexibility index (Phi) is 5.71. The lowest BCUT2D eigenvalue weighted by molar-refractivity contribution is 0.0470. The Bertz CT molecular complexity index is 1100. The van der Waals surface area contributed by atoms with Gasteiger partial charge in [-0.1, -0.05) is 6.92 Å². The van der Waals surface area contributed by atoms with E-state index in [0.29, 0.717) is 34.7 Å². The minimum Gasteiger partial charge on any atom is -0.461 e. The number of hydrogen-bond acceptors (Lipinski definition) is 8. The lowest BCUT2D eigenvalue weighted by Crippen LogP contribution is -2.18. The van der Waals surface area contributed by atoms with Crippen LogP contribution in [0.25, 0.3) is 5.78 Å². The molecule has 0 amide bonds. The van der Waals surface area contributed by atoms with Crippen molar-refractivity contribution >= 4 is 23.5 Å². The van der Waals surface area contributed by atoms with Gasteiger partial charge in [0.2, 0.25) is 5.78 Å². The van der Waals surface area contributed by atoms with Gasteiger partial charge in [-0.2, -0.15) is 10.1 Å². The zero-order valence-corrected chi connectivity index (χ0v) is 16.6. The van der Waals surface area contributed by atoms with Crippen LogP contribution in [0.5, 0.6) is 0 Å². The number of nitrogens with zero attached hydrogens (tertiary/aromatic N) is 4. The standard InChI is InChI=1S/C19H21N5O5/c1-5-13-12(7-20-19-21-9-22-24(13)19)17(26)29-8-14(25)15-10(3)16(23-11(15)4)18(27)28-6-2/h7,9,23H,5-6,8H2,1-4H3. The number of fused-ring (bicyclic) bond motifs is 1. The molecule has 0 bridgehead atoms. The molecule has 0 fully saturated rings. The van der Waals surface area contributed by atoms with Crippen LogP contribution in [0.15, 0.2) is 12.5 Å². The third-order valence-corrected chi connectivity index (χ3v) is 4.49. The van der Waals surface area contributed by atoms with Crippen molar-refractivity contribution in [3.8, 4) is 0 Å². The maximum absolute atomic E-state index is 12.6. The summed E-state index contributed by atoms with van der Waals surface area (Å²) in [5, 5.41) is 4.05. The van der Waals surface area contributed by atoms with Crippen LogP contribution in [0.1, 0.15) is 62.0 Å². The summed E-state index contributed by atoms with van der Waals surface area (Å²) in [7, 11) is 0. The predicted octanol–water partition coefficient (Wildman–Crippen LogP) is 1.85. The van der Waals surface area contributed by atoms with Crippen LogP contribution in [0.3, 0.4) is 0 Å². The van der Waals surface area contributed by atoms with E-state index in [-0.39, 0.29) is 17.9 Å². The first kappa shape index (κ1) is 20.2. The third kappa shape index (κ3) is 3.73. The highest BCUT2D eigenvalue weighted by atomic mass is 16.5. The molecule has 0 spiro atoms. The average molecular weight is 399 g/mol. The number of aromatic nitrogens is 5. The molecule has 10 heteroatoms. The average Bonchev–Trinajstić information content (AvgIpc) is 3.29. The van der Waals surface area contributed by atoms with Gasteiger partial charge in [-0.3, -0.25) is 4.79 Å². The van der Waals surface area contributed by atoms with E-state index in [9.17, 15) is 14.4 Å². The van der Waals surface area contributed by atoms with Gasteiger partial charge in [0.25, 0.3) is 5.78 Å². The second-order valence-corrected chi connectivity index (χ2v) is 6.29. The van der Waals surface area contributed by atoms with Gasteiger partial charge < -0.3 is 14.5 Å². The van der Waals surface area contributed by atoms with Crippen LogP contribution in [-0.2, 0) is 15.9 Å². The van der Waals surface area contributed by atoms with E-state index in [4.69, 9.17) is 9.47 Å². The number of H-pyrrole nitrogens is 1. The van der Waals surface area contributed by atoms with Crippen LogP contribution < -0.4 is 0 Å². The van der Waals surface area contributed by atoms with Crippen molar-refractivity contribution in [1.82, 2.24) is 24.6 Å². The number of carbonyl (C=O) groups excluding carboxylic acids is 3. The first-order valence-corrected chi connectivity index (χ1v) is 9.13. The van der Waals surface area contributed by atoms with Crippen molar-refractivity contribution in [2.75, 3.05) is 13.2 Å². The van der Waals surface area contributed by atoms with Gasteiger partial charge in [-0.05, 0) is 32.8 Å². The van der Waals surface area contributed by atoms with Gasteiger partial charge in [0.1, 0.15) is 12.0 Å². The van der Waals surface area contributed by atoms with E-state index in [2.05, 4.69) is 20.1 Å². The first-order valence-electron chi connectivity index (χ1n) is 9.13. The van der Waals surface area contributed by atoms with Crippen molar-refractivity contribution in [2.24, 2.45) is 0 Å². The summed E-state index contributed by atoms with van der Waals surface area (Å²) in [4.78, 5) is 48.1. The highest BCUT2D eigenvalue weighted by Gasteiger charge is 2.24. The third-order valence-electron chi connectivity index (χ3n) is 4.49. The zero-order chi connectivity index (χ0) is 21.1. The molecule has 0 aliphatic rings. The van der Waals surface area contributed by atoms with Crippen molar-refractivity contribution in [3.05, 3.63) is 46.3 Å². The molecule has 29 heavy (non-hydrogen) atoms. The summed E-state index contributed by atoms with van der Waals surface area (Å²) in [6, 6.07) is 0. The zero-order valence-electron chi connectivity index (χ0n) is 16.6. The van der Waals surface area contributed by atoms with Gasteiger partial charge in [0, 0.05) is 17.5 Å². The Hall–Kier alpha value is -3.56. The van der Waals surface area contributed by atoms with E-state index in [1.807, 2.05) is 6.92 Å². The van der Waals surface area contributed by atoms with Gasteiger partial charge in [0.15, 0.2) is 6.61 Å². The van der Waals surface area contributed by atoms with Crippen LogP contribution in [0.2, 0.25) is 0 Å². The summed E-state index contributed by atoms with van der Waals surface area (Å²) >= 11 is 0. The van der Waals surface area contributed by atoms with Crippen LogP contribution in [0, 0.1) is 13.8 Å². The molecule has 3 rings (SSSR count). The molecule has 1 N–H and O–H groups in total. The first-order chi connectivity index (χ1) is 13.9. The number of hydrogen-bond donors (Lipinski definition) is 1. The summed E-state index contributed by atoms with van der Waals surface area (Å²) in [5.41, 5.74) is 2.29. The molecule has 3 heterocycles. The Balaban J connectivity index is 1.78. The molecule has 0 aliphatic carbocycles. The van der Waals surface area contributed by atoms with Gasteiger partial charge in [-0.25, -0.2) is 19.1 Å². The highest BCUT2D eigenvalue weighted by molar-refractivity contribution is 6.04. The fraction of sp³-hybridized carbons (Fsp3) is 0.368. The van der Waals surface area contributed by atoms with Crippen molar-refractivity contribution in [2.45, 2.75) is 34.1 Å². The fourth-order valence-corrected chi connectivity index (χ4v) is 3.19. The van der Waals surface area contributed by atoms with Gasteiger partial charge >= 0.3 is 11.9 Å². The molecule has 3 aromatic heterocycles. The number of carbonyl (C=O) groups is 3. The number of nitrogens with one attached hydrogen (secondary N) is 1. The van der Waals surface area contributed by atoms with E-state index < -0.39 is 24.3 Å². The molecule has 0 saturated heterocycles. The fourth-order valence-electron chi connectivity index (χ4n) is 3.19. The summed E-state index contributed by atoms with van der Waals surface area (Å²) in [6.07, 6.45) is 3.21. The van der Waals surface area contributed by atoms with Crippen LogP contribution >= 0.6 is 0 Å². The quantitative estimate of drug-likeness (QED) is 0.471. The van der Waals surface area contributed by atoms with Crippen molar-refractivity contribution in [3.63, 3.8) is 0 Å². The lowest BCUT2D eigenvalue weighted by Gasteiger charge is -2.09. The monoisotopic (exact) mass is 399 g/mol. The minimum absolute atomic E-state index is 0.216. The number of rotatable bonds is 7. The van der Waals surface area contributed by atoms with Crippen molar-refractivity contribution in [1.29, 1.82) is 0 Å². The lowest BCUT2D eigenvalue weighted by atomic mass is 10.1. The normalized spacial score (nSPS) is 10.9.